The van der Waals surface area contributed by atoms with Gasteiger partial charge in [-0.2, -0.15) is 0 Å². The van der Waals surface area contributed by atoms with E-state index in [9.17, 15) is 0 Å². The predicted molar refractivity (Wildman–Crippen MR) is 73.8 cm³/mol. The summed E-state index contributed by atoms with van der Waals surface area (Å²) in [6.45, 7) is 1.96. The van der Waals surface area contributed by atoms with Crippen LogP contribution >= 0.6 is 0 Å². The van der Waals surface area contributed by atoms with E-state index in [1.54, 1.807) is 0 Å². The fourth-order valence-corrected chi connectivity index (χ4v) is 2.71. The van der Waals surface area contributed by atoms with Gasteiger partial charge in [-0.05, 0) is 50.8 Å². The van der Waals surface area contributed by atoms with Crippen LogP contribution in [0.15, 0.2) is 24.3 Å². The molecule has 2 aromatic rings. The fourth-order valence-electron chi connectivity index (χ4n) is 2.71. The van der Waals surface area contributed by atoms with Crippen molar-refractivity contribution in [2.45, 2.75) is 38.7 Å². The molecule has 3 nitrogen and oxygen atoms in total. The highest BCUT2D eigenvalue weighted by molar-refractivity contribution is 5.95. The van der Waals surface area contributed by atoms with Crippen LogP contribution in [0.3, 0.4) is 0 Å². The van der Waals surface area contributed by atoms with E-state index in [1.165, 1.54) is 12.8 Å². The summed E-state index contributed by atoms with van der Waals surface area (Å²) in [7, 11) is 0. The highest BCUT2D eigenvalue weighted by Gasteiger charge is 2.18. The van der Waals surface area contributed by atoms with Crippen LogP contribution in [0.25, 0.3) is 10.9 Å². The lowest BCUT2D eigenvalue weighted by Crippen LogP contribution is -2.11. The molecule has 94 valence electrons. The molecule has 0 aliphatic heterocycles. The monoisotopic (exact) mass is 242 g/mol. The molecular weight excluding hydrogens is 224 g/mol. The van der Waals surface area contributed by atoms with E-state index >= 15 is 0 Å². The summed E-state index contributed by atoms with van der Waals surface area (Å²) >= 11 is 0. The van der Waals surface area contributed by atoms with Gasteiger partial charge in [-0.25, -0.2) is 0 Å². The number of anilines is 1. The summed E-state index contributed by atoms with van der Waals surface area (Å²) < 4.78 is 6.09. The number of nitrogens with two attached hydrogens (primary N) is 1. The van der Waals surface area contributed by atoms with Gasteiger partial charge in [0.25, 0.3) is 0 Å². The Hall–Kier alpha value is -1.77. The summed E-state index contributed by atoms with van der Waals surface area (Å²) in [5.41, 5.74) is 8.73. The van der Waals surface area contributed by atoms with Crippen molar-refractivity contribution in [2.75, 3.05) is 5.73 Å². The maximum atomic E-state index is 6.11. The molecular formula is C15H18N2O. The molecule has 1 heterocycles. The van der Waals surface area contributed by atoms with Gasteiger partial charge in [-0.1, -0.05) is 6.07 Å². The SMILES string of the molecule is Cc1cc(N)c2c(OC3CCCC3)cccc2n1. The van der Waals surface area contributed by atoms with E-state index in [0.29, 0.717) is 6.10 Å². The first kappa shape index (κ1) is 11.3. The number of pyridine rings is 1. The van der Waals surface area contributed by atoms with E-state index in [-0.39, 0.29) is 0 Å². The Morgan fingerprint density at radius 2 is 2.06 bits per heavy atom. The van der Waals surface area contributed by atoms with Gasteiger partial charge >= 0.3 is 0 Å². The number of ether oxygens (including phenoxy) is 1. The van der Waals surface area contributed by atoms with Gasteiger partial charge < -0.3 is 10.5 Å². The van der Waals surface area contributed by atoms with Gasteiger partial charge in [0.05, 0.1) is 17.0 Å². The van der Waals surface area contributed by atoms with Crippen molar-refractivity contribution in [1.29, 1.82) is 0 Å². The second-order valence-electron chi connectivity index (χ2n) is 5.03. The third-order valence-corrected chi connectivity index (χ3v) is 3.55. The van der Waals surface area contributed by atoms with Crippen LogP contribution in [0.2, 0.25) is 0 Å². The van der Waals surface area contributed by atoms with Crippen LogP contribution in [-0.4, -0.2) is 11.1 Å². The number of aromatic nitrogens is 1. The lowest BCUT2D eigenvalue weighted by Gasteiger charge is -2.16. The molecule has 3 rings (SSSR count). The van der Waals surface area contributed by atoms with Gasteiger partial charge in [-0.15, -0.1) is 0 Å². The predicted octanol–water partition coefficient (Wildman–Crippen LogP) is 3.45. The molecule has 3 heteroatoms. The van der Waals surface area contributed by atoms with Crippen LogP contribution < -0.4 is 10.5 Å². The molecule has 0 radical (unpaired) electrons. The highest BCUT2D eigenvalue weighted by atomic mass is 16.5. The van der Waals surface area contributed by atoms with Gasteiger partial charge in [0.2, 0.25) is 0 Å². The molecule has 0 bridgehead atoms. The maximum absolute atomic E-state index is 6.11. The van der Waals surface area contributed by atoms with E-state index in [4.69, 9.17) is 10.5 Å². The van der Waals surface area contributed by atoms with E-state index in [2.05, 4.69) is 4.98 Å². The topological polar surface area (TPSA) is 48.1 Å². The quantitative estimate of drug-likeness (QED) is 0.877. The fraction of sp³-hybridized carbons (Fsp3) is 0.400. The lowest BCUT2D eigenvalue weighted by atomic mass is 10.1. The van der Waals surface area contributed by atoms with Crippen LogP contribution in [0, 0.1) is 6.92 Å². The molecule has 18 heavy (non-hydrogen) atoms. The lowest BCUT2D eigenvalue weighted by molar-refractivity contribution is 0.213. The van der Waals surface area contributed by atoms with Crippen molar-refractivity contribution < 1.29 is 4.74 Å². The number of aryl methyl sites for hydroxylation is 1. The summed E-state index contributed by atoms with van der Waals surface area (Å²) in [5.74, 6) is 0.879. The zero-order valence-electron chi connectivity index (χ0n) is 10.6. The van der Waals surface area contributed by atoms with Gasteiger partial charge in [0, 0.05) is 11.4 Å². The molecule has 0 saturated heterocycles. The largest absolute Gasteiger partial charge is 0.490 e. The summed E-state index contributed by atoms with van der Waals surface area (Å²) in [6, 6.07) is 7.87. The highest BCUT2D eigenvalue weighted by Crippen LogP contribution is 2.33. The van der Waals surface area contributed by atoms with Crippen LogP contribution in [-0.2, 0) is 0 Å². The molecule has 1 fully saturated rings. The van der Waals surface area contributed by atoms with Gasteiger partial charge in [0.15, 0.2) is 0 Å². The third-order valence-electron chi connectivity index (χ3n) is 3.55. The van der Waals surface area contributed by atoms with Crippen molar-refractivity contribution in [3.8, 4) is 5.75 Å². The molecule has 0 spiro atoms. The van der Waals surface area contributed by atoms with E-state index < -0.39 is 0 Å². The molecule has 0 unspecified atom stereocenters. The molecule has 1 saturated carbocycles. The van der Waals surface area contributed by atoms with Gasteiger partial charge in [-0.3, -0.25) is 4.98 Å². The Balaban J connectivity index is 2.05. The van der Waals surface area contributed by atoms with E-state index in [1.807, 2.05) is 31.2 Å². The van der Waals surface area contributed by atoms with Crippen molar-refractivity contribution in [3.63, 3.8) is 0 Å². The second kappa shape index (κ2) is 4.48. The zero-order valence-corrected chi connectivity index (χ0v) is 10.6. The third kappa shape index (κ3) is 2.01. The molecule has 1 aliphatic carbocycles. The van der Waals surface area contributed by atoms with Gasteiger partial charge in [0.1, 0.15) is 5.75 Å². The smallest absolute Gasteiger partial charge is 0.131 e. The van der Waals surface area contributed by atoms with Crippen LogP contribution in [0.1, 0.15) is 31.4 Å². The number of fused-ring (bicyclic) bond motifs is 1. The average Bonchev–Trinajstić information content (AvgIpc) is 2.81. The van der Waals surface area contributed by atoms with Crippen molar-refractivity contribution in [2.24, 2.45) is 0 Å². The normalized spacial score (nSPS) is 16.3. The maximum Gasteiger partial charge on any atom is 0.131 e. The molecule has 0 amide bonds. The van der Waals surface area contributed by atoms with Crippen LogP contribution in [0.4, 0.5) is 5.69 Å². The van der Waals surface area contributed by atoms with Crippen molar-refractivity contribution in [3.05, 3.63) is 30.0 Å². The summed E-state index contributed by atoms with van der Waals surface area (Å²) in [5, 5.41) is 0.954. The molecule has 2 N–H and O–H groups in total. The number of hydrogen-bond acceptors (Lipinski definition) is 3. The Bertz CT molecular complexity index is 574. The first-order valence-corrected chi connectivity index (χ1v) is 6.56. The van der Waals surface area contributed by atoms with Crippen molar-refractivity contribution >= 4 is 16.6 Å². The Morgan fingerprint density at radius 3 is 2.83 bits per heavy atom. The Kier molecular flexibility index (Phi) is 2.82. The number of hydrogen-bond donors (Lipinski definition) is 1. The zero-order chi connectivity index (χ0) is 12.5. The minimum atomic E-state index is 0.344. The number of benzene rings is 1. The number of nitrogen functional groups attached to an aromatic ring is 1. The first-order valence-electron chi connectivity index (χ1n) is 6.56. The Morgan fingerprint density at radius 1 is 1.28 bits per heavy atom. The number of nitrogens with zero attached hydrogens (tertiary/aromatic N) is 1. The second-order valence-corrected chi connectivity index (χ2v) is 5.03. The minimum absolute atomic E-state index is 0.344. The number of rotatable bonds is 2. The standard InChI is InChI=1S/C15H18N2O/c1-10-9-12(16)15-13(17-10)7-4-8-14(15)18-11-5-2-3-6-11/h4,7-9,11H,2-3,5-6H2,1H3,(H2,16,17). The molecule has 1 aliphatic rings. The minimum Gasteiger partial charge on any atom is -0.490 e. The molecule has 0 atom stereocenters. The van der Waals surface area contributed by atoms with Crippen LogP contribution in [0.5, 0.6) is 5.75 Å². The summed E-state index contributed by atoms with van der Waals surface area (Å²) in [6.07, 6.45) is 5.17. The van der Waals surface area contributed by atoms with Crippen molar-refractivity contribution in [1.82, 2.24) is 4.98 Å². The first-order chi connectivity index (χ1) is 8.74. The average molecular weight is 242 g/mol. The summed E-state index contributed by atoms with van der Waals surface area (Å²) in [4.78, 5) is 4.51. The molecule has 1 aromatic heterocycles. The Labute approximate surface area is 107 Å². The molecule has 1 aromatic carbocycles. The van der Waals surface area contributed by atoms with E-state index in [0.717, 1.165) is 40.9 Å².